The van der Waals surface area contributed by atoms with Crippen molar-refractivity contribution in [2.24, 2.45) is 0 Å². The standard InChI is InChI=1S/C6H8Br4O2/c7-2-4(9)1-6(10,3-8)5(11)12/h4H,1-3H2,(H,11,12). The summed E-state index contributed by atoms with van der Waals surface area (Å²) in [6, 6.07) is 0. The summed E-state index contributed by atoms with van der Waals surface area (Å²) in [6.45, 7) is 0. The molecular formula is C6H8Br4O2. The van der Waals surface area contributed by atoms with Crippen LogP contribution >= 0.6 is 63.7 Å². The number of carboxylic acids is 1. The number of halogens is 4. The van der Waals surface area contributed by atoms with Crippen molar-refractivity contribution in [3.63, 3.8) is 0 Å². The summed E-state index contributed by atoms with van der Waals surface area (Å²) in [5.41, 5.74) is 0. The average Bonchev–Trinajstić information content (AvgIpc) is 2.03. The molecule has 0 amide bonds. The minimum atomic E-state index is -0.866. The van der Waals surface area contributed by atoms with E-state index >= 15 is 0 Å². The number of rotatable bonds is 5. The van der Waals surface area contributed by atoms with Crippen molar-refractivity contribution >= 4 is 69.7 Å². The highest BCUT2D eigenvalue weighted by atomic mass is 79.9. The van der Waals surface area contributed by atoms with E-state index < -0.39 is 10.3 Å². The van der Waals surface area contributed by atoms with Gasteiger partial charge in [-0.25, -0.2) is 0 Å². The van der Waals surface area contributed by atoms with Gasteiger partial charge in [0.1, 0.15) is 4.32 Å². The van der Waals surface area contributed by atoms with E-state index in [-0.39, 0.29) is 4.83 Å². The van der Waals surface area contributed by atoms with Gasteiger partial charge in [0, 0.05) is 15.5 Å². The predicted octanol–water partition coefficient (Wildman–Crippen LogP) is 3.15. The first-order chi connectivity index (χ1) is 5.46. The molecule has 2 atom stereocenters. The number of hydrogen-bond donors (Lipinski definition) is 1. The normalized spacial score (nSPS) is 18.3. The zero-order valence-corrected chi connectivity index (χ0v) is 12.4. The Morgan fingerprint density at radius 2 is 2.00 bits per heavy atom. The molecule has 0 heterocycles. The van der Waals surface area contributed by atoms with Crippen LogP contribution in [0, 0.1) is 0 Å². The quantitative estimate of drug-likeness (QED) is 0.679. The van der Waals surface area contributed by atoms with Crippen molar-refractivity contribution in [3.8, 4) is 0 Å². The summed E-state index contributed by atoms with van der Waals surface area (Å²) >= 11 is 13.0. The van der Waals surface area contributed by atoms with E-state index in [1.165, 1.54) is 0 Å². The van der Waals surface area contributed by atoms with Gasteiger partial charge in [-0.3, -0.25) is 4.79 Å². The van der Waals surface area contributed by atoms with Crippen LogP contribution in [0.15, 0.2) is 0 Å². The van der Waals surface area contributed by atoms with Crippen molar-refractivity contribution in [3.05, 3.63) is 0 Å². The van der Waals surface area contributed by atoms with Gasteiger partial charge in [0.25, 0.3) is 0 Å². The molecule has 0 fully saturated rings. The highest BCUT2D eigenvalue weighted by Crippen LogP contribution is 2.30. The number of carboxylic acid groups (broad SMARTS) is 1. The second kappa shape index (κ2) is 5.98. The van der Waals surface area contributed by atoms with E-state index in [4.69, 9.17) is 5.11 Å². The Kier molecular flexibility index (Phi) is 6.68. The molecule has 0 aromatic heterocycles. The second-order valence-corrected chi connectivity index (χ2v) is 6.38. The number of hydrogen-bond acceptors (Lipinski definition) is 1. The van der Waals surface area contributed by atoms with Crippen LogP contribution in [0.25, 0.3) is 0 Å². The molecule has 0 spiro atoms. The van der Waals surface area contributed by atoms with Gasteiger partial charge < -0.3 is 5.11 Å². The molecule has 12 heavy (non-hydrogen) atoms. The third kappa shape index (κ3) is 4.07. The molecule has 0 aliphatic heterocycles. The maximum absolute atomic E-state index is 10.8. The van der Waals surface area contributed by atoms with Gasteiger partial charge in [0.05, 0.1) is 0 Å². The van der Waals surface area contributed by atoms with Crippen LogP contribution in [-0.4, -0.2) is 30.9 Å². The van der Waals surface area contributed by atoms with Gasteiger partial charge in [0.2, 0.25) is 0 Å². The molecule has 6 heteroatoms. The molecular weight excluding hydrogens is 424 g/mol. The Labute approximate surface area is 105 Å². The van der Waals surface area contributed by atoms with Crippen LogP contribution in [0.2, 0.25) is 0 Å². The molecule has 0 aromatic carbocycles. The molecule has 0 aliphatic rings. The fourth-order valence-electron chi connectivity index (χ4n) is 0.605. The van der Waals surface area contributed by atoms with Crippen LogP contribution < -0.4 is 0 Å². The predicted molar refractivity (Wildman–Crippen MR) is 64.2 cm³/mol. The first kappa shape index (κ1) is 13.4. The first-order valence-corrected chi connectivity index (χ1v) is 7.09. The largest absolute Gasteiger partial charge is 0.480 e. The molecule has 72 valence electrons. The van der Waals surface area contributed by atoms with E-state index in [1.807, 2.05) is 0 Å². The fraction of sp³-hybridized carbons (Fsp3) is 0.833. The number of carbonyl (C=O) groups is 1. The lowest BCUT2D eigenvalue weighted by molar-refractivity contribution is -0.139. The third-order valence-electron chi connectivity index (χ3n) is 1.31. The van der Waals surface area contributed by atoms with Crippen molar-refractivity contribution in [1.29, 1.82) is 0 Å². The van der Waals surface area contributed by atoms with E-state index in [9.17, 15) is 4.79 Å². The molecule has 0 saturated heterocycles. The molecule has 0 saturated carbocycles. The zero-order valence-electron chi connectivity index (χ0n) is 6.07. The molecule has 2 nitrogen and oxygen atoms in total. The highest BCUT2D eigenvalue weighted by molar-refractivity contribution is 9.13. The Morgan fingerprint density at radius 1 is 1.50 bits per heavy atom. The van der Waals surface area contributed by atoms with E-state index in [2.05, 4.69) is 63.7 Å². The fourth-order valence-corrected chi connectivity index (χ4v) is 2.68. The van der Waals surface area contributed by atoms with E-state index in [1.54, 1.807) is 0 Å². The Morgan fingerprint density at radius 3 is 2.25 bits per heavy atom. The maximum Gasteiger partial charge on any atom is 0.321 e. The molecule has 1 N–H and O–H groups in total. The summed E-state index contributed by atoms with van der Waals surface area (Å²) < 4.78 is -0.866. The van der Waals surface area contributed by atoms with Gasteiger partial charge in [-0.05, 0) is 6.42 Å². The Hall–Kier alpha value is 1.39. The number of aliphatic carboxylic acids is 1. The molecule has 0 radical (unpaired) electrons. The summed E-state index contributed by atoms with van der Waals surface area (Å²) in [4.78, 5) is 10.9. The third-order valence-corrected chi connectivity index (χ3v) is 6.26. The summed E-state index contributed by atoms with van der Waals surface area (Å²) in [6.07, 6.45) is 0.527. The molecule has 0 bridgehead atoms. The second-order valence-electron chi connectivity index (χ2n) is 2.36. The monoisotopic (exact) mass is 428 g/mol. The van der Waals surface area contributed by atoms with Gasteiger partial charge in [-0.15, -0.1) is 0 Å². The summed E-state index contributed by atoms with van der Waals surface area (Å²) in [5.74, 6) is -0.843. The van der Waals surface area contributed by atoms with E-state index in [0.29, 0.717) is 11.8 Å². The minimum absolute atomic E-state index is 0.158. The SMILES string of the molecule is O=C(O)C(Br)(CBr)CC(Br)CBr. The van der Waals surface area contributed by atoms with E-state index in [0.717, 1.165) is 5.33 Å². The van der Waals surface area contributed by atoms with Gasteiger partial charge >= 0.3 is 5.97 Å². The van der Waals surface area contributed by atoms with Crippen molar-refractivity contribution in [2.75, 3.05) is 10.7 Å². The maximum atomic E-state index is 10.8. The summed E-state index contributed by atoms with van der Waals surface area (Å²) in [5, 5.41) is 9.99. The lowest BCUT2D eigenvalue weighted by Gasteiger charge is -2.21. The number of alkyl halides is 4. The van der Waals surface area contributed by atoms with Crippen molar-refractivity contribution < 1.29 is 9.90 Å². The van der Waals surface area contributed by atoms with Gasteiger partial charge in [-0.2, -0.15) is 0 Å². The highest BCUT2D eigenvalue weighted by Gasteiger charge is 2.36. The lowest BCUT2D eigenvalue weighted by atomic mass is 10.1. The smallest absolute Gasteiger partial charge is 0.321 e. The molecule has 0 aliphatic carbocycles. The first-order valence-electron chi connectivity index (χ1n) is 3.14. The van der Waals surface area contributed by atoms with Crippen LogP contribution in [0.3, 0.4) is 0 Å². The summed E-state index contributed by atoms with van der Waals surface area (Å²) in [7, 11) is 0. The molecule has 0 rings (SSSR count). The van der Waals surface area contributed by atoms with Gasteiger partial charge in [0.15, 0.2) is 0 Å². The van der Waals surface area contributed by atoms with Crippen LogP contribution in [0.5, 0.6) is 0 Å². The molecule has 0 aromatic rings. The van der Waals surface area contributed by atoms with Crippen molar-refractivity contribution in [2.45, 2.75) is 15.6 Å². The molecule has 2 unspecified atom stereocenters. The topological polar surface area (TPSA) is 37.3 Å². The Balaban J connectivity index is 4.23. The van der Waals surface area contributed by atoms with Crippen LogP contribution in [0.4, 0.5) is 0 Å². The Bertz CT molecular complexity index is 164. The zero-order chi connectivity index (χ0) is 9.78. The van der Waals surface area contributed by atoms with Gasteiger partial charge in [-0.1, -0.05) is 63.7 Å². The van der Waals surface area contributed by atoms with Crippen LogP contribution in [-0.2, 0) is 4.79 Å². The van der Waals surface area contributed by atoms with Crippen LogP contribution in [0.1, 0.15) is 6.42 Å². The average molecular weight is 432 g/mol. The van der Waals surface area contributed by atoms with Crippen molar-refractivity contribution in [1.82, 2.24) is 0 Å². The lowest BCUT2D eigenvalue weighted by Crippen LogP contribution is -2.36. The minimum Gasteiger partial charge on any atom is -0.480 e.